The molecule has 0 saturated heterocycles. The van der Waals surface area contributed by atoms with E-state index in [9.17, 15) is 0 Å². The Morgan fingerprint density at radius 3 is 1.37 bits per heavy atom. The number of unbranched alkanes of at least 4 members (excludes halogenated alkanes) is 18. The Kier molecular flexibility index (Phi) is 21.6. The van der Waals surface area contributed by atoms with Gasteiger partial charge < -0.3 is 9.47 Å². The molecule has 0 spiro atoms. The fraction of sp³-hybridized carbons (Fsp3) is 0.453. The van der Waals surface area contributed by atoms with Gasteiger partial charge in [-0.3, -0.25) is 0 Å². The molecule has 7 heteroatoms. The molecule has 5 aromatic rings. The molecule has 5 rings (SSSR count). The number of nitrogens with zero attached hydrogens (tertiary/aromatic N) is 3. The van der Waals surface area contributed by atoms with Crippen LogP contribution in [0.15, 0.2) is 83.5 Å². The topological polar surface area (TPSA) is 57.1 Å². The Labute approximate surface area is 377 Å². The van der Waals surface area contributed by atoms with Crippen LogP contribution in [0.25, 0.3) is 33.5 Å². The van der Waals surface area contributed by atoms with Gasteiger partial charge in [-0.15, -0.1) is 0 Å². The Bertz CT molecular complexity index is 2150. The van der Waals surface area contributed by atoms with E-state index in [2.05, 4.69) is 92.6 Å². The van der Waals surface area contributed by atoms with Gasteiger partial charge in [0, 0.05) is 45.4 Å². The summed E-state index contributed by atoms with van der Waals surface area (Å²) >= 11 is 7.05. The van der Waals surface area contributed by atoms with E-state index in [1.54, 1.807) is 6.20 Å². The summed E-state index contributed by atoms with van der Waals surface area (Å²) < 4.78 is 13.7. The van der Waals surface area contributed by atoms with E-state index in [1.165, 1.54) is 103 Å². The Morgan fingerprint density at radius 2 is 0.917 bits per heavy atom. The van der Waals surface area contributed by atoms with Crippen LogP contribution in [-0.4, -0.2) is 28.2 Å². The summed E-state index contributed by atoms with van der Waals surface area (Å²) in [6, 6.07) is 24.3. The molecule has 0 aliphatic heterocycles. The summed E-state index contributed by atoms with van der Waals surface area (Å²) in [5.74, 6) is 11.4. The van der Waals surface area contributed by atoms with Crippen LogP contribution >= 0.6 is 31.9 Å². The van der Waals surface area contributed by atoms with Crippen LogP contribution in [-0.2, 0) is 0 Å². The SMILES string of the molecule is CCCCCCCCCCCCOc1cc(C#Cc2ncc(Br)c3nc(-c4ccccc4)c(-c4ccccc4)nc23)c(OCCCCCCCCCCCC)cc1C#CBr. The van der Waals surface area contributed by atoms with Gasteiger partial charge in [0.1, 0.15) is 28.2 Å². The van der Waals surface area contributed by atoms with Crippen LogP contribution in [0, 0.1) is 22.6 Å². The monoisotopic (exact) mass is 931 g/mol. The number of rotatable bonds is 26. The Balaban J connectivity index is 1.38. The molecule has 5 nitrogen and oxygen atoms in total. The molecule has 0 atom stereocenters. The van der Waals surface area contributed by atoms with Gasteiger partial charge in [-0.1, -0.05) is 202 Å². The normalized spacial score (nSPS) is 10.9. The lowest BCUT2D eigenvalue weighted by Gasteiger charge is -2.14. The van der Waals surface area contributed by atoms with Crippen molar-refractivity contribution in [1.29, 1.82) is 0 Å². The molecule has 0 saturated carbocycles. The van der Waals surface area contributed by atoms with Crippen molar-refractivity contribution in [2.75, 3.05) is 13.2 Å². The van der Waals surface area contributed by atoms with Gasteiger partial charge in [-0.25, -0.2) is 15.0 Å². The van der Waals surface area contributed by atoms with Crippen LogP contribution < -0.4 is 9.47 Å². The molecule has 0 bridgehead atoms. The highest BCUT2D eigenvalue weighted by Crippen LogP contribution is 2.34. The standard InChI is InChI=1S/C53H63Br2N3O2/c1-3-5-7-9-11-13-15-17-19-27-37-59-48-40-45(35-36-54)49(60-38-28-20-18-16-14-12-10-8-6-4-2)39-44(48)33-34-47-53-52(46(55)41-56-47)57-50(42-29-23-21-24-30-42)51(58-53)43-31-25-22-26-32-43/h21-26,29-32,39-41H,3-20,27-28,37-38H2,1-2H3. The molecule has 0 aliphatic carbocycles. The van der Waals surface area contributed by atoms with Crippen molar-refractivity contribution in [1.82, 2.24) is 15.0 Å². The van der Waals surface area contributed by atoms with Crippen molar-refractivity contribution in [2.45, 2.75) is 142 Å². The van der Waals surface area contributed by atoms with Gasteiger partial charge in [0.05, 0.1) is 40.2 Å². The largest absolute Gasteiger partial charge is 0.492 e. The van der Waals surface area contributed by atoms with Gasteiger partial charge in [0.2, 0.25) is 0 Å². The van der Waals surface area contributed by atoms with Crippen molar-refractivity contribution in [3.63, 3.8) is 0 Å². The average Bonchev–Trinajstić information content (AvgIpc) is 3.28. The lowest BCUT2D eigenvalue weighted by Crippen LogP contribution is -2.03. The van der Waals surface area contributed by atoms with E-state index in [0.717, 1.165) is 63.8 Å². The van der Waals surface area contributed by atoms with E-state index in [0.29, 0.717) is 41.4 Å². The van der Waals surface area contributed by atoms with Crippen LogP contribution in [0.4, 0.5) is 0 Å². The zero-order chi connectivity index (χ0) is 42.0. The number of pyridine rings is 1. The molecule has 316 valence electrons. The van der Waals surface area contributed by atoms with E-state index < -0.39 is 0 Å². The summed E-state index contributed by atoms with van der Waals surface area (Å²) in [5.41, 5.74) is 6.92. The highest BCUT2D eigenvalue weighted by molar-refractivity contribution is 9.12. The van der Waals surface area contributed by atoms with Crippen molar-refractivity contribution < 1.29 is 9.47 Å². The molecule has 3 aromatic carbocycles. The summed E-state index contributed by atoms with van der Waals surface area (Å²) in [6.07, 6.45) is 27.2. The number of benzene rings is 3. The van der Waals surface area contributed by atoms with Crippen molar-refractivity contribution in [3.05, 3.63) is 100 Å². The lowest BCUT2D eigenvalue weighted by atomic mass is 10.0. The average molecular weight is 934 g/mol. The van der Waals surface area contributed by atoms with Gasteiger partial charge >= 0.3 is 0 Å². The highest BCUT2D eigenvalue weighted by atomic mass is 79.9. The number of fused-ring (bicyclic) bond motifs is 1. The molecular formula is C53H63Br2N3O2. The number of hydrogen-bond acceptors (Lipinski definition) is 5. The van der Waals surface area contributed by atoms with Crippen LogP contribution in [0.5, 0.6) is 11.5 Å². The quantitative estimate of drug-likeness (QED) is 0.0408. The lowest BCUT2D eigenvalue weighted by molar-refractivity contribution is 0.295. The zero-order valence-corrected chi connectivity index (χ0v) is 39.1. The van der Waals surface area contributed by atoms with E-state index in [1.807, 2.05) is 48.5 Å². The van der Waals surface area contributed by atoms with Crippen molar-refractivity contribution in [3.8, 4) is 56.6 Å². The number of halogens is 2. The van der Waals surface area contributed by atoms with Gasteiger partial charge in [0.15, 0.2) is 0 Å². The minimum Gasteiger partial charge on any atom is -0.492 e. The van der Waals surface area contributed by atoms with E-state index >= 15 is 0 Å². The predicted octanol–water partition coefficient (Wildman–Crippen LogP) is 15.8. The molecule has 2 aromatic heterocycles. The maximum absolute atomic E-state index is 6.50. The fourth-order valence-electron chi connectivity index (χ4n) is 7.41. The predicted molar refractivity (Wildman–Crippen MR) is 259 cm³/mol. The Hall–Kier alpha value is -4.17. The molecular weight excluding hydrogens is 870 g/mol. The van der Waals surface area contributed by atoms with Gasteiger partial charge in [-0.2, -0.15) is 0 Å². The Morgan fingerprint density at radius 1 is 0.500 bits per heavy atom. The van der Waals surface area contributed by atoms with Crippen molar-refractivity contribution >= 4 is 42.9 Å². The maximum atomic E-state index is 6.50. The molecule has 0 aliphatic rings. The molecule has 0 unspecified atom stereocenters. The molecule has 0 amide bonds. The molecule has 0 fully saturated rings. The molecule has 0 N–H and O–H groups in total. The van der Waals surface area contributed by atoms with Crippen LogP contribution in [0.1, 0.15) is 159 Å². The smallest absolute Gasteiger partial charge is 0.141 e. The summed E-state index contributed by atoms with van der Waals surface area (Å²) in [4.78, 5) is 18.1. The first-order valence-electron chi connectivity index (χ1n) is 22.7. The molecule has 60 heavy (non-hydrogen) atoms. The van der Waals surface area contributed by atoms with Crippen molar-refractivity contribution in [2.24, 2.45) is 0 Å². The first kappa shape index (κ1) is 46.9. The minimum absolute atomic E-state index is 0.537. The summed E-state index contributed by atoms with van der Waals surface area (Å²) in [7, 11) is 0. The summed E-state index contributed by atoms with van der Waals surface area (Å²) in [5, 5.41) is 0. The van der Waals surface area contributed by atoms with E-state index in [4.69, 9.17) is 24.4 Å². The highest BCUT2D eigenvalue weighted by Gasteiger charge is 2.18. The first-order valence-corrected chi connectivity index (χ1v) is 24.3. The molecule has 0 radical (unpaired) electrons. The van der Waals surface area contributed by atoms with Gasteiger partial charge in [-0.05, 0) is 39.5 Å². The fourth-order valence-corrected chi connectivity index (χ4v) is 8.00. The number of hydrogen-bond donors (Lipinski definition) is 0. The second-order valence-corrected chi connectivity index (χ2v) is 16.9. The van der Waals surface area contributed by atoms with E-state index in [-0.39, 0.29) is 0 Å². The zero-order valence-electron chi connectivity index (χ0n) is 36.0. The first-order chi connectivity index (χ1) is 29.6. The summed E-state index contributed by atoms with van der Waals surface area (Å²) in [6.45, 7) is 5.78. The van der Waals surface area contributed by atoms with Crippen LogP contribution in [0.2, 0.25) is 0 Å². The third-order valence-corrected chi connectivity index (χ3v) is 11.6. The number of aromatic nitrogens is 3. The third-order valence-electron chi connectivity index (χ3n) is 10.8. The third kappa shape index (κ3) is 15.4. The van der Waals surface area contributed by atoms with Gasteiger partial charge in [0.25, 0.3) is 0 Å². The second kappa shape index (κ2) is 27.6. The second-order valence-electron chi connectivity index (χ2n) is 15.7. The minimum atomic E-state index is 0.537. The number of ether oxygens (including phenoxy) is 2. The molecule has 2 heterocycles. The maximum Gasteiger partial charge on any atom is 0.141 e. The van der Waals surface area contributed by atoms with Crippen LogP contribution in [0.3, 0.4) is 0 Å².